The number of amides is 2. The number of Topliss-reactive ketones (excluding diaryl/α,β-unsaturated/α-hetero) is 1. The minimum Gasteiger partial charge on any atom is -1.00 e. The molecular formula is C53H64Br3N2O5P. The zero-order valence-corrected chi connectivity index (χ0v) is 42.9. The van der Waals surface area contributed by atoms with E-state index in [1.807, 2.05) is 53.7 Å². The lowest BCUT2D eigenvalue weighted by molar-refractivity contribution is -0.121. The monoisotopic (exact) mass is 1080 g/mol. The largest absolute Gasteiger partial charge is 1.00 e. The maximum atomic E-state index is 12.0. The third-order valence-electron chi connectivity index (χ3n) is 10.1. The van der Waals surface area contributed by atoms with Crippen molar-refractivity contribution >= 4 is 79.1 Å². The topological polar surface area (TPSA) is 76.2 Å². The van der Waals surface area contributed by atoms with Crippen molar-refractivity contribution in [2.24, 2.45) is 0 Å². The Labute approximate surface area is 410 Å². The van der Waals surface area contributed by atoms with E-state index in [1.54, 1.807) is 9.80 Å². The van der Waals surface area contributed by atoms with Gasteiger partial charge in [0.15, 0.2) is 0 Å². The summed E-state index contributed by atoms with van der Waals surface area (Å²) in [6.07, 6.45) is 5.44. The van der Waals surface area contributed by atoms with Crippen molar-refractivity contribution in [2.75, 3.05) is 26.2 Å². The lowest BCUT2D eigenvalue weighted by atomic mass is 10.0. The van der Waals surface area contributed by atoms with Crippen LogP contribution in [0.15, 0.2) is 154 Å². The van der Waals surface area contributed by atoms with Crippen LogP contribution in [0, 0.1) is 0 Å². The number of likely N-dealkylation sites (tertiary alicyclic amines) is 2. The highest BCUT2D eigenvalue weighted by Gasteiger charge is 2.45. The quantitative estimate of drug-likeness (QED) is 0.159. The van der Waals surface area contributed by atoms with Crippen LogP contribution in [0.2, 0.25) is 0 Å². The van der Waals surface area contributed by atoms with Crippen molar-refractivity contribution in [2.45, 2.75) is 92.0 Å². The second-order valence-electron chi connectivity index (χ2n) is 17.4. The predicted molar refractivity (Wildman–Crippen MR) is 271 cm³/mol. The number of carbonyl (C=O) groups excluding carboxylic acids is 3. The first kappa shape index (κ1) is 54.3. The van der Waals surface area contributed by atoms with Crippen LogP contribution in [0.4, 0.5) is 9.59 Å². The molecule has 2 aliphatic heterocycles. The molecule has 2 heterocycles. The Morgan fingerprint density at radius 1 is 0.578 bits per heavy atom. The standard InChI is InChI=1S/C25H21BrP.C17H22BrNO2.C10H17NO3.CH4.BrH/c26-22-12-10-11-21(19-22)20-27(23-13-4-1-5-14-23,24-15-6-2-7-16-24)25-17-8-3-9-18-25;1-17(2,3)21-16(20)19-9-7-13(8-10-19)11-14-5-4-6-15(18)12-14;1-10(2,3)14-9(13)11-6-4-8(12)5-7-11;;/h1-19H,20H2;4-6,11-12H,7-10H2,1-3H3;4-7H2,1-3H3;1H4;1H/q+1;;;;/p-1. The molecule has 7 rings (SSSR count). The van der Waals surface area contributed by atoms with Crippen molar-refractivity contribution < 1.29 is 40.8 Å². The number of rotatable bonds is 6. The molecule has 5 aromatic carbocycles. The second-order valence-corrected chi connectivity index (χ2v) is 22.8. The first-order valence-corrected chi connectivity index (χ1v) is 24.8. The smallest absolute Gasteiger partial charge is 0.410 e. The zero-order chi connectivity index (χ0) is 44.8. The molecule has 5 aromatic rings. The molecule has 0 N–H and O–H groups in total. The van der Waals surface area contributed by atoms with E-state index >= 15 is 0 Å². The Bertz CT molecular complexity index is 2140. The van der Waals surface area contributed by atoms with Crippen LogP contribution in [-0.2, 0) is 20.4 Å². The predicted octanol–water partition coefficient (Wildman–Crippen LogP) is 10.0. The molecular weight excluding hydrogens is 1020 g/mol. The molecule has 0 spiro atoms. The van der Waals surface area contributed by atoms with E-state index in [4.69, 9.17) is 9.47 Å². The molecule has 0 unspecified atom stereocenters. The molecule has 0 atom stereocenters. The fraction of sp³-hybridized carbons (Fsp3) is 0.340. The lowest BCUT2D eigenvalue weighted by Gasteiger charge is -2.31. The zero-order valence-electron chi connectivity index (χ0n) is 37.2. The summed E-state index contributed by atoms with van der Waals surface area (Å²) in [5.74, 6) is 0.227. The molecule has 64 heavy (non-hydrogen) atoms. The van der Waals surface area contributed by atoms with Crippen LogP contribution < -0.4 is 32.9 Å². The maximum Gasteiger partial charge on any atom is 0.410 e. The third-order valence-corrected chi connectivity index (χ3v) is 15.5. The average molecular weight is 1080 g/mol. The summed E-state index contributed by atoms with van der Waals surface area (Å²) >= 11 is 7.14. The second kappa shape index (κ2) is 25.6. The number of carbonyl (C=O) groups is 3. The number of hydrogen-bond acceptors (Lipinski definition) is 5. The normalized spacial score (nSPS) is 13.9. The molecule has 2 saturated heterocycles. The van der Waals surface area contributed by atoms with Crippen molar-refractivity contribution in [3.63, 3.8) is 0 Å². The molecule has 0 radical (unpaired) electrons. The van der Waals surface area contributed by atoms with Crippen LogP contribution in [0.1, 0.15) is 85.8 Å². The van der Waals surface area contributed by atoms with E-state index in [-0.39, 0.29) is 42.4 Å². The van der Waals surface area contributed by atoms with E-state index in [9.17, 15) is 14.4 Å². The summed E-state index contributed by atoms with van der Waals surface area (Å²) in [6, 6.07) is 50.1. The van der Waals surface area contributed by atoms with Gasteiger partial charge in [0, 0.05) is 48.0 Å². The fourth-order valence-electron chi connectivity index (χ4n) is 7.22. The highest BCUT2D eigenvalue weighted by Crippen LogP contribution is 2.58. The van der Waals surface area contributed by atoms with E-state index in [1.165, 1.54) is 32.6 Å². The first-order valence-electron chi connectivity index (χ1n) is 21.2. The minimum atomic E-state index is -1.82. The Hall–Kier alpha value is -4.08. The van der Waals surface area contributed by atoms with Gasteiger partial charge < -0.3 is 36.3 Å². The van der Waals surface area contributed by atoms with E-state index in [2.05, 4.69) is 165 Å². The van der Waals surface area contributed by atoms with Gasteiger partial charge in [-0.3, -0.25) is 4.79 Å². The maximum absolute atomic E-state index is 12.0. The van der Waals surface area contributed by atoms with Gasteiger partial charge in [-0.05, 0) is 126 Å². The molecule has 2 amide bonds. The number of hydrogen-bond donors (Lipinski definition) is 0. The highest BCUT2D eigenvalue weighted by molar-refractivity contribution is 9.10. The molecule has 11 heteroatoms. The lowest BCUT2D eigenvalue weighted by Crippen LogP contribution is -3.00. The summed E-state index contributed by atoms with van der Waals surface area (Å²) in [7, 11) is -1.82. The minimum absolute atomic E-state index is 0. The van der Waals surface area contributed by atoms with Crippen molar-refractivity contribution in [3.05, 3.63) is 165 Å². The molecule has 0 aromatic heterocycles. The van der Waals surface area contributed by atoms with Gasteiger partial charge in [0.05, 0.1) is 6.16 Å². The number of benzene rings is 5. The molecule has 342 valence electrons. The Morgan fingerprint density at radius 2 is 0.969 bits per heavy atom. The highest BCUT2D eigenvalue weighted by atomic mass is 79.9. The van der Waals surface area contributed by atoms with Gasteiger partial charge in [-0.15, -0.1) is 0 Å². The van der Waals surface area contributed by atoms with Gasteiger partial charge in [0.25, 0.3) is 0 Å². The average Bonchev–Trinajstić information content (AvgIpc) is 3.24. The van der Waals surface area contributed by atoms with Crippen LogP contribution in [0.25, 0.3) is 6.08 Å². The molecule has 2 fully saturated rings. The van der Waals surface area contributed by atoms with Crippen molar-refractivity contribution in [1.82, 2.24) is 9.80 Å². The van der Waals surface area contributed by atoms with Crippen LogP contribution in [0.5, 0.6) is 0 Å². The number of piperidine rings is 2. The summed E-state index contributed by atoms with van der Waals surface area (Å²) < 4.78 is 12.8. The molecule has 0 saturated carbocycles. The van der Waals surface area contributed by atoms with Gasteiger partial charge >= 0.3 is 12.2 Å². The Balaban J connectivity index is 0.000000264. The Morgan fingerprint density at radius 3 is 1.36 bits per heavy atom. The van der Waals surface area contributed by atoms with Gasteiger partial charge in [-0.25, -0.2) is 9.59 Å². The van der Waals surface area contributed by atoms with E-state index < -0.39 is 18.5 Å². The summed E-state index contributed by atoms with van der Waals surface area (Å²) in [4.78, 5) is 37.8. The van der Waals surface area contributed by atoms with Gasteiger partial charge in [-0.2, -0.15) is 0 Å². The van der Waals surface area contributed by atoms with Crippen LogP contribution >= 0.6 is 39.1 Å². The van der Waals surface area contributed by atoms with Crippen molar-refractivity contribution in [1.29, 1.82) is 0 Å². The Kier molecular flexibility index (Phi) is 21.7. The van der Waals surface area contributed by atoms with Crippen LogP contribution in [0.3, 0.4) is 0 Å². The number of ketones is 1. The molecule has 0 aliphatic carbocycles. The van der Waals surface area contributed by atoms with Gasteiger partial charge in [-0.1, -0.05) is 130 Å². The molecule has 7 nitrogen and oxygen atoms in total. The molecule has 0 bridgehead atoms. The SMILES string of the molecule is Brc1cccc(C[P+](c2ccccc2)(c2ccccc2)c2ccccc2)c1.C.CC(C)(C)OC(=O)N1CCC(=Cc2cccc(Br)c2)CC1.CC(C)(C)OC(=O)N1CCC(=O)CC1.[Br-]. The number of halogens is 3. The van der Waals surface area contributed by atoms with Crippen LogP contribution in [-0.4, -0.2) is 65.2 Å². The third kappa shape index (κ3) is 17.0. The number of nitrogens with zero attached hydrogens (tertiary/aromatic N) is 2. The summed E-state index contributed by atoms with van der Waals surface area (Å²) in [5, 5.41) is 4.26. The van der Waals surface area contributed by atoms with Crippen molar-refractivity contribution in [3.8, 4) is 0 Å². The summed E-state index contributed by atoms with van der Waals surface area (Å²) in [5.41, 5.74) is 3.05. The van der Waals surface area contributed by atoms with Gasteiger partial charge in [0.1, 0.15) is 40.2 Å². The first-order chi connectivity index (χ1) is 29.5. The molecule has 2 aliphatic rings. The van der Waals surface area contributed by atoms with Gasteiger partial charge in [0.2, 0.25) is 0 Å². The fourth-order valence-corrected chi connectivity index (χ4v) is 12.3. The number of ether oxygens (including phenoxy) is 2. The van der Waals surface area contributed by atoms with E-state index in [0.717, 1.165) is 41.0 Å². The van der Waals surface area contributed by atoms with E-state index in [0.29, 0.717) is 25.9 Å². The summed E-state index contributed by atoms with van der Waals surface area (Å²) in [6.45, 7) is 13.6.